The van der Waals surface area contributed by atoms with Gasteiger partial charge in [-0.2, -0.15) is 0 Å². The molecule has 126 valence electrons. The molecule has 0 aromatic heterocycles. The van der Waals surface area contributed by atoms with Crippen LogP contribution in [-0.2, 0) is 0 Å². The van der Waals surface area contributed by atoms with Crippen molar-refractivity contribution >= 4 is 0 Å². The smallest absolute Gasteiger partial charge is 0.0221 e. The molecule has 1 saturated heterocycles. The highest BCUT2D eigenvalue weighted by atomic mass is 15.2. The molecule has 0 amide bonds. The predicted molar refractivity (Wildman–Crippen MR) is 95.0 cm³/mol. The molecule has 1 aliphatic rings. The zero-order chi connectivity index (χ0) is 15.3. The van der Waals surface area contributed by atoms with Gasteiger partial charge in [0.15, 0.2) is 0 Å². The zero-order valence-electron chi connectivity index (χ0n) is 15.0. The monoisotopic (exact) mass is 296 g/mol. The van der Waals surface area contributed by atoms with Gasteiger partial charge in [0, 0.05) is 25.2 Å². The summed E-state index contributed by atoms with van der Waals surface area (Å²) in [6.45, 7) is 10.7. The van der Waals surface area contributed by atoms with Crippen LogP contribution in [0.4, 0.5) is 0 Å². The molecule has 1 fully saturated rings. The summed E-state index contributed by atoms with van der Waals surface area (Å²) >= 11 is 0. The summed E-state index contributed by atoms with van der Waals surface area (Å²) in [7, 11) is 0. The molecule has 2 heteroatoms. The third kappa shape index (κ3) is 8.21. The van der Waals surface area contributed by atoms with Crippen LogP contribution in [-0.4, -0.2) is 36.6 Å². The van der Waals surface area contributed by atoms with Crippen LogP contribution >= 0.6 is 0 Å². The van der Waals surface area contributed by atoms with Gasteiger partial charge >= 0.3 is 0 Å². The molecular weight excluding hydrogens is 256 g/mol. The first-order valence-electron chi connectivity index (χ1n) is 9.79. The number of hydrogen-bond acceptors (Lipinski definition) is 2. The average Bonchev–Trinajstić information content (AvgIpc) is 2.51. The van der Waals surface area contributed by atoms with Crippen molar-refractivity contribution in [3.8, 4) is 0 Å². The summed E-state index contributed by atoms with van der Waals surface area (Å²) < 4.78 is 0. The van der Waals surface area contributed by atoms with Crippen molar-refractivity contribution in [3.63, 3.8) is 0 Å². The van der Waals surface area contributed by atoms with Gasteiger partial charge in [-0.1, -0.05) is 72.1 Å². The Balaban J connectivity index is 2.11. The lowest BCUT2D eigenvalue weighted by Crippen LogP contribution is -2.56. The zero-order valence-corrected chi connectivity index (χ0v) is 15.0. The molecule has 0 radical (unpaired) electrons. The van der Waals surface area contributed by atoms with E-state index in [0.717, 1.165) is 12.1 Å². The Labute approximate surface area is 134 Å². The molecule has 0 aliphatic carbocycles. The topological polar surface area (TPSA) is 15.3 Å². The summed E-state index contributed by atoms with van der Waals surface area (Å²) in [5, 5.41) is 3.72. The quantitative estimate of drug-likeness (QED) is 0.511. The first kappa shape index (κ1) is 19.0. The van der Waals surface area contributed by atoms with Crippen molar-refractivity contribution in [1.29, 1.82) is 0 Å². The summed E-state index contributed by atoms with van der Waals surface area (Å²) in [5.41, 5.74) is 0. The number of piperazine rings is 1. The van der Waals surface area contributed by atoms with Crippen molar-refractivity contribution in [2.45, 2.75) is 103 Å². The maximum atomic E-state index is 3.72. The second kappa shape index (κ2) is 12.5. The fraction of sp³-hybridized carbons (Fsp3) is 1.00. The minimum Gasteiger partial charge on any atom is -0.311 e. The molecule has 1 N–H and O–H groups in total. The number of nitrogens with one attached hydrogen (secondary N) is 1. The van der Waals surface area contributed by atoms with Gasteiger partial charge in [0.1, 0.15) is 0 Å². The molecule has 0 bridgehead atoms. The second-order valence-electron chi connectivity index (χ2n) is 6.93. The van der Waals surface area contributed by atoms with Gasteiger partial charge in [-0.3, -0.25) is 4.90 Å². The minimum absolute atomic E-state index is 0.729. The summed E-state index contributed by atoms with van der Waals surface area (Å²) in [4.78, 5) is 2.78. The van der Waals surface area contributed by atoms with Gasteiger partial charge in [0.05, 0.1) is 0 Å². The van der Waals surface area contributed by atoms with E-state index in [0.29, 0.717) is 0 Å². The Bertz CT molecular complexity index is 230. The van der Waals surface area contributed by atoms with E-state index in [1.165, 1.54) is 90.3 Å². The Morgan fingerprint density at radius 2 is 1.52 bits per heavy atom. The van der Waals surface area contributed by atoms with Crippen LogP contribution < -0.4 is 5.32 Å². The van der Waals surface area contributed by atoms with Gasteiger partial charge in [-0.05, 0) is 25.8 Å². The van der Waals surface area contributed by atoms with Gasteiger partial charge < -0.3 is 5.32 Å². The van der Waals surface area contributed by atoms with Crippen molar-refractivity contribution in [3.05, 3.63) is 0 Å². The first-order chi connectivity index (χ1) is 10.3. The SMILES string of the molecule is CCCCCCCCCCN1CC(CC)NCC1CCC. The maximum absolute atomic E-state index is 3.72. The average molecular weight is 297 g/mol. The summed E-state index contributed by atoms with van der Waals surface area (Å²) in [6, 6.07) is 1.52. The van der Waals surface area contributed by atoms with Gasteiger partial charge in [-0.25, -0.2) is 0 Å². The normalized spacial score (nSPS) is 23.6. The number of unbranched alkanes of at least 4 members (excludes halogenated alkanes) is 7. The molecule has 2 atom stereocenters. The maximum Gasteiger partial charge on any atom is 0.0221 e. The van der Waals surface area contributed by atoms with Crippen LogP contribution in [0.5, 0.6) is 0 Å². The van der Waals surface area contributed by atoms with Gasteiger partial charge in [0.25, 0.3) is 0 Å². The van der Waals surface area contributed by atoms with Gasteiger partial charge in [-0.15, -0.1) is 0 Å². The number of rotatable bonds is 12. The van der Waals surface area contributed by atoms with Crippen LogP contribution in [0.25, 0.3) is 0 Å². The lowest BCUT2D eigenvalue weighted by atomic mass is 10.0. The second-order valence-corrected chi connectivity index (χ2v) is 6.93. The van der Waals surface area contributed by atoms with Crippen LogP contribution in [0.15, 0.2) is 0 Å². The Hall–Kier alpha value is -0.0800. The van der Waals surface area contributed by atoms with E-state index in [9.17, 15) is 0 Å². The molecule has 0 aromatic carbocycles. The molecule has 1 rings (SSSR count). The minimum atomic E-state index is 0.729. The fourth-order valence-corrected chi connectivity index (χ4v) is 3.54. The molecule has 1 aliphatic heterocycles. The van der Waals surface area contributed by atoms with E-state index < -0.39 is 0 Å². The molecular formula is C19H40N2. The van der Waals surface area contributed by atoms with Crippen LogP contribution in [0.3, 0.4) is 0 Å². The summed E-state index contributed by atoms with van der Waals surface area (Å²) in [5.74, 6) is 0. The molecule has 2 nitrogen and oxygen atoms in total. The standard InChI is InChI=1S/C19H40N2/c1-4-7-8-9-10-11-12-13-15-21-17-18(6-3)20-16-19(21)14-5-2/h18-20H,4-17H2,1-3H3. The van der Waals surface area contributed by atoms with Crippen LogP contribution in [0.1, 0.15) is 91.4 Å². The van der Waals surface area contributed by atoms with E-state index >= 15 is 0 Å². The Morgan fingerprint density at radius 3 is 2.14 bits per heavy atom. The largest absolute Gasteiger partial charge is 0.311 e. The lowest BCUT2D eigenvalue weighted by Gasteiger charge is -2.40. The molecule has 0 saturated carbocycles. The van der Waals surface area contributed by atoms with Crippen LogP contribution in [0.2, 0.25) is 0 Å². The van der Waals surface area contributed by atoms with Crippen LogP contribution in [0, 0.1) is 0 Å². The molecule has 0 spiro atoms. The van der Waals surface area contributed by atoms with E-state index in [1.54, 1.807) is 0 Å². The predicted octanol–water partition coefficient (Wildman–Crippen LogP) is 4.98. The molecule has 0 aromatic rings. The third-order valence-electron chi connectivity index (χ3n) is 5.03. The highest BCUT2D eigenvalue weighted by molar-refractivity contribution is 4.85. The Morgan fingerprint density at radius 1 is 0.857 bits per heavy atom. The van der Waals surface area contributed by atoms with E-state index in [2.05, 4.69) is 31.0 Å². The van der Waals surface area contributed by atoms with Crippen molar-refractivity contribution in [1.82, 2.24) is 10.2 Å². The fourth-order valence-electron chi connectivity index (χ4n) is 3.54. The van der Waals surface area contributed by atoms with Crippen molar-refractivity contribution < 1.29 is 0 Å². The molecule has 1 heterocycles. The molecule has 21 heavy (non-hydrogen) atoms. The lowest BCUT2D eigenvalue weighted by molar-refractivity contribution is 0.118. The first-order valence-corrected chi connectivity index (χ1v) is 9.79. The highest BCUT2D eigenvalue weighted by Crippen LogP contribution is 2.16. The van der Waals surface area contributed by atoms with E-state index in [-0.39, 0.29) is 0 Å². The highest BCUT2D eigenvalue weighted by Gasteiger charge is 2.25. The summed E-state index contributed by atoms with van der Waals surface area (Å²) in [6.07, 6.45) is 15.4. The van der Waals surface area contributed by atoms with E-state index in [4.69, 9.17) is 0 Å². The van der Waals surface area contributed by atoms with Crippen molar-refractivity contribution in [2.24, 2.45) is 0 Å². The van der Waals surface area contributed by atoms with E-state index in [1.807, 2.05) is 0 Å². The number of nitrogens with zero attached hydrogens (tertiary/aromatic N) is 1. The Kier molecular flexibility index (Phi) is 11.3. The molecule has 2 unspecified atom stereocenters. The number of hydrogen-bond donors (Lipinski definition) is 1. The van der Waals surface area contributed by atoms with Crippen molar-refractivity contribution in [2.75, 3.05) is 19.6 Å². The third-order valence-corrected chi connectivity index (χ3v) is 5.03. The van der Waals surface area contributed by atoms with Gasteiger partial charge in [0.2, 0.25) is 0 Å².